The predicted molar refractivity (Wildman–Crippen MR) is 117 cm³/mol. The van der Waals surface area contributed by atoms with Gasteiger partial charge in [-0.15, -0.1) is 35.3 Å². The largest absolute Gasteiger partial charge is 0.356 e. The summed E-state index contributed by atoms with van der Waals surface area (Å²) < 4.78 is 0. The molecule has 1 aromatic rings. The Morgan fingerprint density at radius 3 is 2.29 bits per heavy atom. The number of guanidine groups is 1. The molecule has 1 rings (SSSR count). The van der Waals surface area contributed by atoms with Crippen molar-refractivity contribution in [2.75, 3.05) is 33.2 Å². The Kier molecular flexibility index (Phi) is 13.6. The molecule has 0 saturated heterocycles. The summed E-state index contributed by atoms with van der Waals surface area (Å²) in [7, 11) is 1.82. The number of nitrogens with one attached hydrogen (secondary N) is 2. The van der Waals surface area contributed by atoms with Crippen LogP contribution >= 0.6 is 35.3 Å². The van der Waals surface area contributed by atoms with E-state index in [4.69, 9.17) is 0 Å². The van der Waals surface area contributed by atoms with Gasteiger partial charge in [0.05, 0.1) is 17.2 Å². The minimum absolute atomic E-state index is 0. The summed E-state index contributed by atoms with van der Waals surface area (Å²) in [4.78, 5) is 12.6. The van der Waals surface area contributed by atoms with Crippen LogP contribution in [0.3, 0.4) is 0 Å². The molecule has 0 fully saturated rings. The quantitative estimate of drug-likeness (QED) is 0.239. The molecule has 0 saturated carbocycles. The molecule has 0 aliphatic heterocycles. The normalized spacial score (nSPS) is 11.5. The van der Waals surface area contributed by atoms with Crippen LogP contribution in [-0.4, -0.2) is 49.1 Å². The molecular formula is C17H34IN5S. The van der Waals surface area contributed by atoms with Crippen LogP contribution in [0.4, 0.5) is 0 Å². The Labute approximate surface area is 168 Å². The fourth-order valence-electron chi connectivity index (χ4n) is 2.60. The molecule has 24 heavy (non-hydrogen) atoms. The second-order valence-electron chi connectivity index (χ2n) is 5.79. The maximum absolute atomic E-state index is 4.46. The van der Waals surface area contributed by atoms with Crippen LogP contribution in [0.2, 0.25) is 0 Å². The molecule has 5 nitrogen and oxygen atoms in total. The lowest BCUT2D eigenvalue weighted by atomic mass is 10.3. The number of hydrogen-bond donors (Lipinski definition) is 2. The van der Waals surface area contributed by atoms with E-state index < -0.39 is 0 Å². The lowest BCUT2D eigenvalue weighted by molar-refractivity contribution is 0.271. The van der Waals surface area contributed by atoms with Crippen molar-refractivity contribution < 1.29 is 0 Å². The van der Waals surface area contributed by atoms with Crippen LogP contribution in [0.5, 0.6) is 0 Å². The van der Waals surface area contributed by atoms with Gasteiger partial charge >= 0.3 is 0 Å². The Morgan fingerprint density at radius 1 is 1.12 bits per heavy atom. The lowest BCUT2D eigenvalue weighted by Crippen LogP contribution is -2.38. The number of halogens is 1. The molecule has 0 aliphatic rings. The van der Waals surface area contributed by atoms with Crippen molar-refractivity contribution in [3.8, 4) is 0 Å². The molecule has 0 radical (unpaired) electrons. The number of rotatable bonds is 10. The summed E-state index contributed by atoms with van der Waals surface area (Å²) in [6.07, 6.45) is 3.59. The van der Waals surface area contributed by atoms with Crippen molar-refractivity contribution in [2.24, 2.45) is 4.99 Å². The van der Waals surface area contributed by atoms with Crippen LogP contribution < -0.4 is 10.6 Å². The first-order valence-corrected chi connectivity index (χ1v) is 9.52. The molecule has 140 valence electrons. The Hall–Kier alpha value is -0.410. The first-order valence-electron chi connectivity index (χ1n) is 8.70. The molecule has 0 aromatic carbocycles. The van der Waals surface area contributed by atoms with E-state index in [1.165, 1.54) is 30.8 Å². The van der Waals surface area contributed by atoms with Crippen molar-refractivity contribution in [1.82, 2.24) is 20.5 Å². The first kappa shape index (κ1) is 23.6. The van der Waals surface area contributed by atoms with Crippen LogP contribution in [0.25, 0.3) is 0 Å². The van der Waals surface area contributed by atoms with Crippen LogP contribution in [0, 0.1) is 13.8 Å². The maximum atomic E-state index is 4.46. The lowest BCUT2D eigenvalue weighted by Gasteiger charge is -2.21. The van der Waals surface area contributed by atoms with Gasteiger partial charge in [0.25, 0.3) is 0 Å². The minimum atomic E-state index is 0. The molecular weight excluding hydrogens is 433 g/mol. The zero-order valence-corrected chi connectivity index (χ0v) is 19.0. The van der Waals surface area contributed by atoms with Crippen molar-refractivity contribution in [3.63, 3.8) is 0 Å². The molecule has 0 atom stereocenters. The third-order valence-electron chi connectivity index (χ3n) is 3.66. The summed E-state index contributed by atoms with van der Waals surface area (Å²) in [6, 6.07) is 0. The van der Waals surface area contributed by atoms with Crippen LogP contribution in [0.1, 0.15) is 48.7 Å². The Morgan fingerprint density at radius 2 is 1.79 bits per heavy atom. The van der Waals surface area contributed by atoms with Gasteiger partial charge in [-0.1, -0.05) is 13.8 Å². The highest BCUT2D eigenvalue weighted by molar-refractivity contribution is 14.0. The van der Waals surface area contributed by atoms with E-state index in [-0.39, 0.29) is 24.0 Å². The molecule has 1 heterocycles. The number of aryl methyl sites for hydroxylation is 2. The van der Waals surface area contributed by atoms with Gasteiger partial charge in [0.15, 0.2) is 5.96 Å². The average Bonchev–Trinajstić information content (AvgIpc) is 2.84. The van der Waals surface area contributed by atoms with Gasteiger partial charge < -0.3 is 15.5 Å². The van der Waals surface area contributed by atoms with Crippen molar-refractivity contribution in [1.29, 1.82) is 0 Å². The Balaban J connectivity index is 0.00000529. The van der Waals surface area contributed by atoms with Gasteiger partial charge in [0, 0.05) is 18.5 Å². The van der Waals surface area contributed by atoms with E-state index in [1.807, 2.05) is 14.0 Å². The van der Waals surface area contributed by atoms with Gasteiger partial charge in [-0.3, -0.25) is 4.99 Å². The second-order valence-corrected chi connectivity index (χ2v) is 7.08. The first-order chi connectivity index (χ1) is 11.1. The second kappa shape index (κ2) is 13.8. The van der Waals surface area contributed by atoms with Gasteiger partial charge in [0.2, 0.25) is 0 Å². The molecule has 0 aliphatic carbocycles. The summed E-state index contributed by atoms with van der Waals surface area (Å²) in [5.74, 6) is 0.869. The maximum Gasteiger partial charge on any atom is 0.191 e. The molecule has 2 N–H and O–H groups in total. The highest BCUT2D eigenvalue weighted by atomic mass is 127. The van der Waals surface area contributed by atoms with Gasteiger partial charge in [-0.2, -0.15) is 0 Å². The number of aromatic nitrogens is 1. The van der Waals surface area contributed by atoms with Crippen LogP contribution in [-0.2, 0) is 6.54 Å². The summed E-state index contributed by atoms with van der Waals surface area (Å²) >= 11 is 1.75. The monoisotopic (exact) mass is 467 g/mol. The van der Waals surface area contributed by atoms with E-state index in [2.05, 4.69) is 46.3 Å². The predicted octanol–water partition coefficient (Wildman–Crippen LogP) is 3.56. The summed E-state index contributed by atoms with van der Waals surface area (Å²) in [5, 5.41) is 7.90. The van der Waals surface area contributed by atoms with E-state index in [0.29, 0.717) is 0 Å². The van der Waals surface area contributed by atoms with Gasteiger partial charge in [-0.05, 0) is 52.7 Å². The fourth-order valence-corrected chi connectivity index (χ4v) is 3.48. The van der Waals surface area contributed by atoms with E-state index in [0.717, 1.165) is 42.7 Å². The van der Waals surface area contributed by atoms with Gasteiger partial charge in [0.1, 0.15) is 0 Å². The number of hydrogen-bond acceptors (Lipinski definition) is 4. The van der Waals surface area contributed by atoms with Crippen molar-refractivity contribution in [2.45, 2.75) is 53.5 Å². The van der Waals surface area contributed by atoms with Crippen molar-refractivity contribution in [3.05, 3.63) is 15.6 Å². The van der Waals surface area contributed by atoms with Gasteiger partial charge in [-0.25, -0.2) is 4.98 Å². The van der Waals surface area contributed by atoms with E-state index in [1.54, 1.807) is 11.3 Å². The smallest absolute Gasteiger partial charge is 0.191 e. The SMILES string of the molecule is CCCN(CCC)CCCNC(=NC)NCc1sc(C)nc1C.I. The number of aliphatic imine (C=N–C) groups is 1. The highest BCUT2D eigenvalue weighted by Gasteiger charge is 2.06. The summed E-state index contributed by atoms with van der Waals surface area (Å²) in [6.45, 7) is 13.9. The van der Waals surface area contributed by atoms with E-state index >= 15 is 0 Å². The zero-order chi connectivity index (χ0) is 17.1. The standard InChI is InChI=1S/C17H33N5S.HI/c1-6-10-22(11-7-2)12-8-9-19-17(18-5)20-13-16-14(3)21-15(4)23-16;/h6-13H2,1-5H3,(H2,18,19,20);1H. The summed E-state index contributed by atoms with van der Waals surface area (Å²) in [5.41, 5.74) is 1.12. The third kappa shape index (κ3) is 9.17. The highest BCUT2D eigenvalue weighted by Crippen LogP contribution is 2.16. The average molecular weight is 467 g/mol. The molecule has 0 amide bonds. The minimum Gasteiger partial charge on any atom is -0.356 e. The molecule has 1 aromatic heterocycles. The van der Waals surface area contributed by atoms with E-state index in [9.17, 15) is 0 Å². The molecule has 0 unspecified atom stereocenters. The zero-order valence-electron chi connectivity index (χ0n) is 15.8. The third-order valence-corrected chi connectivity index (χ3v) is 4.74. The molecule has 0 spiro atoms. The van der Waals surface area contributed by atoms with Crippen LogP contribution in [0.15, 0.2) is 4.99 Å². The number of nitrogens with zero attached hydrogens (tertiary/aromatic N) is 3. The fraction of sp³-hybridized carbons (Fsp3) is 0.765. The van der Waals surface area contributed by atoms with Crippen molar-refractivity contribution >= 4 is 41.3 Å². The Bertz CT molecular complexity index is 470. The number of thiazole rings is 1. The molecule has 0 bridgehead atoms. The topological polar surface area (TPSA) is 52.5 Å². The molecule has 7 heteroatoms.